The number of benzene rings is 1. The Labute approximate surface area is 115 Å². The number of imidazole rings is 1. The van der Waals surface area contributed by atoms with Crippen molar-refractivity contribution in [2.75, 3.05) is 0 Å². The lowest BCUT2D eigenvalue weighted by molar-refractivity contribution is 0.487. The molecule has 4 rings (SSSR count). The van der Waals surface area contributed by atoms with E-state index in [1.54, 1.807) is 0 Å². The summed E-state index contributed by atoms with van der Waals surface area (Å²) in [6.07, 6.45) is 5.39. The van der Waals surface area contributed by atoms with Crippen LogP contribution in [0.3, 0.4) is 0 Å². The van der Waals surface area contributed by atoms with Crippen LogP contribution in [0.4, 0.5) is 0 Å². The molecular weight excluding hydrogens is 252 g/mol. The molecule has 3 heterocycles. The first-order chi connectivity index (χ1) is 9.74. The Kier molecular flexibility index (Phi) is 2.36. The van der Waals surface area contributed by atoms with Crippen molar-refractivity contribution < 1.29 is 0 Å². The summed E-state index contributed by atoms with van der Waals surface area (Å²) < 4.78 is 2.10. The minimum atomic E-state index is -0.159. The number of rotatable bonds is 1. The van der Waals surface area contributed by atoms with Gasteiger partial charge >= 0.3 is 5.69 Å². The van der Waals surface area contributed by atoms with E-state index in [9.17, 15) is 4.79 Å². The second-order valence-electron chi connectivity index (χ2n) is 5.44. The summed E-state index contributed by atoms with van der Waals surface area (Å²) in [7, 11) is 0. The van der Waals surface area contributed by atoms with E-state index in [-0.39, 0.29) is 5.69 Å². The number of H-pyrrole nitrogens is 2. The summed E-state index contributed by atoms with van der Waals surface area (Å²) in [6.45, 7) is 3.07. The average Bonchev–Trinajstić information content (AvgIpc) is 3.02. The lowest BCUT2D eigenvalue weighted by Crippen LogP contribution is -2.11. The third-order valence-electron chi connectivity index (χ3n) is 4.15. The van der Waals surface area contributed by atoms with Gasteiger partial charge in [-0.15, -0.1) is 0 Å². The van der Waals surface area contributed by atoms with Gasteiger partial charge in [0.15, 0.2) is 0 Å². The molecule has 1 aliphatic rings. The zero-order valence-corrected chi connectivity index (χ0v) is 11.4. The van der Waals surface area contributed by atoms with Gasteiger partial charge in [-0.1, -0.05) is 6.07 Å². The Bertz CT molecular complexity index is 853. The van der Waals surface area contributed by atoms with Crippen molar-refractivity contribution in [1.82, 2.24) is 19.7 Å². The lowest BCUT2D eigenvalue weighted by atomic mass is 9.96. The second-order valence-corrected chi connectivity index (χ2v) is 5.44. The zero-order valence-electron chi connectivity index (χ0n) is 11.4. The highest BCUT2D eigenvalue weighted by Crippen LogP contribution is 2.33. The maximum atomic E-state index is 11.6. The van der Waals surface area contributed by atoms with Crippen molar-refractivity contribution in [3.05, 3.63) is 40.1 Å². The van der Waals surface area contributed by atoms with Crippen LogP contribution in [0.1, 0.15) is 24.1 Å². The molecule has 2 aromatic heterocycles. The Morgan fingerprint density at radius 1 is 1.25 bits per heavy atom. The van der Waals surface area contributed by atoms with Crippen molar-refractivity contribution in [1.29, 1.82) is 0 Å². The monoisotopic (exact) mass is 268 g/mol. The van der Waals surface area contributed by atoms with Gasteiger partial charge < -0.3 is 9.97 Å². The second kappa shape index (κ2) is 4.10. The molecule has 20 heavy (non-hydrogen) atoms. The number of hydrogen-bond acceptors (Lipinski definition) is 2. The van der Waals surface area contributed by atoms with Crippen molar-refractivity contribution in [3.8, 4) is 11.1 Å². The van der Waals surface area contributed by atoms with Crippen LogP contribution >= 0.6 is 0 Å². The van der Waals surface area contributed by atoms with E-state index in [4.69, 9.17) is 0 Å². The number of aromatic amines is 2. The van der Waals surface area contributed by atoms with Gasteiger partial charge in [0.2, 0.25) is 0 Å². The third-order valence-corrected chi connectivity index (χ3v) is 4.15. The van der Waals surface area contributed by atoms with Crippen LogP contribution in [0.2, 0.25) is 0 Å². The van der Waals surface area contributed by atoms with Crippen molar-refractivity contribution >= 4 is 11.0 Å². The van der Waals surface area contributed by atoms with Crippen molar-refractivity contribution in [2.24, 2.45) is 0 Å². The first-order valence-corrected chi connectivity index (χ1v) is 7.01. The molecule has 0 spiro atoms. The number of aryl methyl sites for hydroxylation is 2. The molecule has 0 unspecified atom stereocenters. The summed E-state index contributed by atoms with van der Waals surface area (Å²) in [5, 5.41) is 4.50. The van der Waals surface area contributed by atoms with E-state index < -0.39 is 0 Å². The van der Waals surface area contributed by atoms with Gasteiger partial charge in [0.25, 0.3) is 0 Å². The molecule has 0 saturated carbocycles. The van der Waals surface area contributed by atoms with E-state index >= 15 is 0 Å². The molecule has 102 valence electrons. The Morgan fingerprint density at radius 3 is 3.05 bits per heavy atom. The predicted molar refractivity (Wildman–Crippen MR) is 77.8 cm³/mol. The first-order valence-electron chi connectivity index (χ1n) is 7.01. The van der Waals surface area contributed by atoms with Crippen LogP contribution in [0.5, 0.6) is 0 Å². The number of nitrogens with one attached hydrogen (secondary N) is 2. The van der Waals surface area contributed by atoms with Gasteiger partial charge in [-0.05, 0) is 37.8 Å². The fourth-order valence-electron chi connectivity index (χ4n) is 3.18. The molecule has 0 aliphatic carbocycles. The van der Waals surface area contributed by atoms with Crippen LogP contribution in [0, 0.1) is 6.92 Å². The number of aromatic nitrogens is 4. The van der Waals surface area contributed by atoms with Crippen molar-refractivity contribution in [2.45, 2.75) is 32.7 Å². The Hall–Kier alpha value is -2.30. The van der Waals surface area contributed by atoms with Gasteiger partial charge in [-0.25, -0.2) is 4.79 Å². The van der Waals surface area contributed by atoms with E-state index in [0.29, 0.717) is 0 Å². The highest BCUT2D eigenvalue weighted by Gasteiger charge is 2.19. The van der Waals surface area contributed by atoms with Crippen LogP contribution in [-0.2, 0) is 13.0 Å². The van der Waals surface area contributed by atoms with Crippen LogP contribution in [0.25, 0.3) is 22.2 Å². The highest BCUT2D eigenvalue weighted by atomic mass is 16.1. The van der Waals surface area contributed by atoms with Gasteiger partial charge in [0.05, 0.1) is 17.2 Å². The zero-order chi connectivity index (χ0) is 13.7. The fourth-order valence-corrected chi connectivity index (χ4v) is 3.18. The largest absolute Gasteiger partial charge is 0.323 e. The molecule has 0 bridgehead atoms. The lowest BCUT2D eigenvalue weighted by Gasteiger charge is -2.15. The van der Waals surface area contributed by atoms with Gasteiger partial charge in [-0.3, -0.25) is 4.68 Å². The minimum Gasteiger partial charge on any atom is -0.306 e. The molecule has 1 aliphatic heterocycles. The molecule has 5 nitrogen and oxygen atoms in total. The average molecular weight is 268 g/mol. The number of nitrogens with zero attached hydrogens (tertiary/aromatic N) is 2. The Morgan fingerprint density at radius 2 is 2.15 bits per heavy atom. The molecule has 5 heteroatoms. The quantitative estimate of drug-likeness (QED) is 0.711. The van der Waals surface area contributed by atoms with E-state index in [0.717, 1.165) is 40.7 Å². The first kappa shape index (κ1) is 11.5. The molecule has 1 aromatic carbocycles. The van der Waals surface area contributed by atoms with Crippen LogP contribution < -0.4 is 5.69 Å². The fraction of sp³-hybridized carbons (Fsp3) is 0.333. The van der Waals surface area contributed by atoms with E-state index in [2.05, 4.69) is 26.7 Å². The number of fused-ring (bicyclic) bond motifs is 2. The number of hydrogen-bond donors (Lipinski definition) is 2. The SMILES string of the molecule is Cc1ccc2[nH]c(=O)[nH]c2c1-c1cnn2c1CCCC2. The van der Waals surface area contributed by atoms with Crippen molar-refractivity contribution in [3.63, 3.8) is 0 Å². The topological polar surface area (TPSA) is 66.5 Å². The van der Waals surface area contributed by atoms with Gasteiger partial charge in [-0.2, -0.15) is 5.10 Å². The van der Waals surface area contributed by atoms with Crippen LogP contribution in [-0.4, -0.2) is 19.7 Å². The van der Waals surface area contributed by atoms with E-state index in [1.165, 1.54) is 18.5 Å². The standard InChI is InChI=1S/C15H16N4O/c1-9-5-6-11-14(18-15(20)17-11)13(9)10-8-16-19-7-3-2-4-12(10)19/h5-6,8H,2-4,7H2,1H3,(H2,17,18,20). The molecule has 3 aromatic rings. The summed E-state index contributed by atoms with van der Waals surface area (Å²) >= 11 is 0. The highest BCUT2D eigenvalue weighted by molar-refractivity contribution is 5.94. The predicted octanol–water partition coefficient (Wildman–Crippen LogP) is 2.36. The maximum absolute atomic E-state index is 11.6. The normalized spacial score (nSPS) is 14.7. The van der Waals surface area contributed by atoms with Gasteiger partial charge in [0, 0.05) is 23.4 Å². The summed E-state index contributed by atoms with van der Waals surface area (Å²) in [4.78, 5) is 17.3. The molecule has 0 saturated heterocycles. The van der Waals surface area contributed by atoms with E-state index in [1.807, 2.05) is 18.3 Å². The summed E-state index contributed by atoms with van der Waals surface area (Å²) in [6, 6.07) is 4.00. The maximum Gasteiger partial charge on any atom is 0.323 e. The summed E-state index contributed by atoms with van der Waals surface area (Å²) in [5.74, 6) is 0. The molecule has 0 radical (unpaired) electrons. The smallest absolute Gasteiger partial charge is 0.306 e. The minimum absolute atomic E-state index is 0.159. The molecule has 0 atom stereocenters. The van der Waals surface area contributed by atoms with Crippen LogP contribution in [0.15, 0.2) is 23.1 Å². The summed E-state index contributed by atoms with van der Waals surface area (Å²) in [5.41, 5.74) is 6.28. The third kappa shape index (κ3) is 1.56. The van der Waals surface area contributed by atoms with Gasteiger partial charge in [0.1, 0.15) is 0 Å². The Balaban J connectivity index is 2.04. The molecular formula is C15H16N4O. The molecule has 2 N–H and O–H groups in total. The molecule has 0 fully saturated rings. The molecule has 0 amide bonds.